The summed E-state index contributed by atoms with van der Waals surface area (Å²) in [7, 11) is 0. The Hall–Kier alpha value is -2.43. The van der Waals surface area contributed by atoms with Gasteiger partial charge in [0.1, 0.15) is 13.2 Å². The van der Waals surface area contributed by atoms with Crippen molar-refractivity contribution >= 4 is 33.5 Å². The molecule has 0 spiro atoms. The number of ketones is 1. The molecule has 6 heteroatoms. The maximum absolute atomic E-state index is 12.6. The smallest absolute Gasteiger partial charge is 0.240 e. The zero-order valence-electron chi connectivity index (χ0n) is 11.3. The predicted molar refractivity (Wildman–Crippen MR) is 82.8 cm³/mol. The van der Waals surface area contributed by atoms with Gasteiger partial charge in [-0.1, -0.05) is 15.9 Å². The first-order chi connectivity index (χ1) is 10.7. The molecule has 0 N–H and O–H groups in total. The second kappa shape index (κ2) is 6.13. The van der Waals surface area contributed by atoms with Crippen LogP contribution in [0.25, 0.3) is 0 Å². The van der Waals surface area contributed by atoms with Crippen molar-refractivity contribution in [1.82, 2.24) is 0 Å². The van der Waals surface area contributed by atoms with Gasteiger partial charge in [-0.2, -0.15) is 4.99 Å². The molecule has 3 rings (SSSR count). The van der Waals surface area contributed by atoms with E-state index in [1.54, 1.807) is 30.3 Å². The predicted octanol–water partition coefficient (Wildman–Crippen LogP) is 3.42. The van der Waals surface area contributed by atoms with Crippen molar-refractivity contribution in [3.05, 3.63) is 52.0 Å². The second-order valence-corrected chi connectivity index (χ2v) is 5.47. The van der Waals surface area contributed by atoms with Gasteiger partial charge in [0.05, 0.1) is 11.3 Å². The van der Waals surface area contributed by atoms with Gasteiger partial charge in [-0.3, -0.25) is 4.79 Å². The highest BCUT2D eigenvalue weighted by atomic mass is 79.9. The number of hydrogen-bond acceptors (Lipinski definition) is 5. The zero-order chi connectivity index (χ0) is 15.5. The number of nitrogens with zero attached hydrogens (tertiary/aromatic N) is 1. The minimum Gasteiger partial charge on any atom is -0.486 e. The molecule has 0 saturated heterocycles. The molecule has 0 unspecified atom stereocenters. The van der Waals surface area contributed by atoms with Gasteiger partial charge in [-0.15, -0.1) is 0 Å². The van der Waals surface area contributed by atoms with Gasteiger partial charge in [0, 0.05) is 16.1 Å². The number of hydrogen-bond donors (Lipinski definition) is 0. The van der Waals surface area contributed by atoms with Crippen molar-refractivity contribution in [2.75, 3.05) is 13.2 Å². The molecule has 2 aromatic carbocycles. The van der Waals surface area contributed by atoms with Crippen molar-refractivity contribution in [3.63, 3.8) is 0 Å². The van der Waals surface area contributed by atoms with Gasteiger partial charge >= 0.3 is 0 Å². The third kappa shape index (κ3) is 2.79. The van der Waals surface area contributed by atoms with Crippen LogP contribution in [0.2, 0.25) is 0 Å². The highest BCUT2D eigenvalue weighted by Gasteiger charge is 2.20. The lowest BCUT2D eigenvalue weighted by molar-refractivity contribution is 0.103. The fourth-order valence-corrected chi connectivity index (χ4v) is 2.42. The first kappa shape index (κ1) is 14.5. The lowest BCUT2D eigenvalue weighted by Gasteiger charge is -2.19. The summed E-state index contributed by atoms with van der Waals surface area (Å²) in [6, 6.07) is 10.00. The normalized spacial score (nSPS) is 12.4. The summed E-state index contributed by atoms with van der Waals surface area (Å²) in [4.78, 5) is 26.9. The summed E-state index contributed by atoms with van der Waals surface area (Å²) < 4.78 is 11.8. The summed E-state index contributed by atoms with van der Waals surface area (Å²) >= 11 is 3.32. The summed E-state index contributed by atoms with van der Waals surface area (Å²) in [5.74, 6) is 0.683. The first-order valence-corrected chi connectivity index (χ1v) is 7.30. The van der Waals surface area contributed by atoms with Gasteiger partial charge in [-0.25, -0.2) is 4.79 Å². The van der Waals surface area contributed by atoms with Crippen LogP contribution in [0.1, 0.15) is 15.9 Å². The Kier molecular flexibility index (Phi) is 4.04. The van der Waals surface area contributed by atoms with E-state index in [0.717, 1.165) is 4.47 Å². The molecule has 110 valence electrons. The maximum atomic E-state index is 12.6. The molecule has 0 radical (unpaired) electrons. The summed E-state index contributed by atoms with van der Waals surface area (Å²) in [6.07, 6.45) is 1.47. The maximum Gasteiger partial charge on any atom is 0.240 e. The van der Waals surface area contributed by atoms with Crippen LogP contribution >= 0.6 is 15.9 Å². The van der Waals surface area contributed by atoms with Crippen LogP contribution in [-0.4, -0.2) is 25.1 Å². The molecule has 5 nitrogen and oxygen atoms in total. The molecule has 0 amide bonds. The van der Waals surface area contributed by atoms with E-state index in [4.69, 9.17) is 9.47 Å². The van der Waals surface area contributed by atoms with Gasteiger partial charge in [0.15, 0.2) is 17.3 Å². The van der Waals surface area contributed by atoms with Crippen LogP contribution in [0.5, 0.6) is 11.5 Å². The van der Waals surface area contributed by atoms with Crippen molar-refractivity contribution < 1.29 is 19.1 Å². The first-order valence-electron chi connectivity index (χ1n) is 6.51. The van der Waals surface area contributed by atoms with E-state index < -0.39 is 0 Å². The molecule has 1 aliphatic rings. The van der Waals surface area contributed by atoms with E-state index in [-0.39, 0.29) is 17.0 Å². The van der Waals surface area contributed by atoms with Gasteiger partial charge in [-0.05, 0) is 30.3 Å². The van der Waals surface area contributed by atoms with E-state index in [1.165, 1.54) is 12.1 Å². The fraction of sp³-hybridized carbons (Fsp3) is 0.125. The molecule has 0 atom stereocenters. The summed E-state index contributed by atoms with van der Waals surface area (Å²) in [6.45, 7) is 0.826. The Morgan fingerprint density at radius 2 is 1.73 bits per heavy atom. The molecule has 1 heterocycles. The number of fused-ring (bicyclic) bond motifs is 1. The van der Waals surface area contributed by atoms with Crippen LogP contribution in [0.15, 0.2) is 45.9 Å². The van der Waals surface area contributed by atoms with Crippen molar-refractivity contribution in [1.29, 1.82) is 0 Å². The van der Waals surface area contributed by atoms with E-state index in [1.807, 2.05) is 0 Å². The van der Waals surface area contributed by atoms with Crippen LogP contribution in [0, 0.1) is 0 Å². The number of carbonyl (C=O) groups excluding carboxylic acids is 2. The Morgan fingerprint density at radius 3 is 2.36 bits per heavy atom. The quantitative estimate of drug-likeness (QED) is 0.478. The molecule has 2 aromatic rings. The van der Waals surface area contributed by atoms with Crippen molar-refractivity contribution in [3.8, 4) is 11.5 Å². The molecule has 0 aliphatic carbocycles. The topological polar surface area (TPSA) is 65.0 Å². The van der Waals surface area contributed by atoms with E-state index in [9.17, 15) is 9.59 Å². The molecule has 1 aliphatic heterocycles. The molecule has 0 bridgehead atoms. The number of rotatable bonds is 3. The Labute approximate surface area is 134 Å². The Morgan fingerprint density at radius 1 is 1.09 bits per heavy atom. The highest BCUT2D eigenvalue weighted by molar-refractivity contribution is 9.10. The summed E-state index contributed by atoms with van der Waals surface area (Å²) in [5.41, 5.74) is 0.976. The van der Waals surface area contributed by atoms with Crippen LogP contribution in [0.4, 0.5) is 5.69 Å². The SMILES string of the molecule is O=C=Nc1cc2c(cc1C(=O)c1ccc(Br)cc1)OCCO2. The Bertz CT molecular complexity index is 779. The number of halogens is 1. The number of ether oxygens (including phenoxy) is 2. The minimum atomic E-state index is -0.251. The zero-order valence-corrected chi connectivity index (χ0v) is 12.9. The van der Waals surface area contributed by atoms with Crippen molar-refractivity contribution in [2.24, 2.45) is 4.99 Å². The van der Waals surface area contributed by atoms with Crippen molar-refractivity contribution in [2.45, 2.75) is 0 Å². The fourth-order valence-electron chi connectivity index (χ4n) is 2.16. The average Bonchev–Trinajstić information content (AvgIpc) is 2.54. The third-order valence-electron chi connectivity index (χ3n) is 3.18. The third-order valence-corrected chi connectivity index (χ3v) is 3.71. The van der Waals surface area contributed by atoms with Crippen LogP contribution < -0.4 is 9.47 Å². The lowest BCUT2D eigenvalue weighted by Crippen LogP contribution is -2.16. The average molecular weight is 360 g/mol. The molecule has 22 heavy (non-hydrogen) atoms. The van der Waals surface area contributed by atoms with E-state index in [2.05, 4.69) is 20.9 Å². The van der Waals surface area contributed by atoms with Gasteiger partial charge < -0.3 is 9.47 Å². The van der Waals surface area contributed by atoms with Crippen LogP contribution in [0.3, 0.4) is 0 Å². The minimum absolute atomic E-state index is 0.215. The number of isocyanates is 1. The molecular weight excluding hydrogens is 350 g/mol. The van der Waals surface area contributed by atoms with Gasteiger partial charge in [0.25, 0.3) is 0 Å². The number of carbonyl (C=O) groups is 1. The standard InChI is InChI=1S/C16H10BrNO4/c17-11-3-1-10(2-4-11)16(20)12-7-14-15(22-6-5-21-14)8-13(12)18-9-19/h1-4,7-8H,5-6H2. The second-order valence-electron chi connectivity index (χ2n) is 4.55. The number of benzene rings is 2. The summed E-state index contributed by atoms with van der Waals surface area (Å²) in [5, 5.41) is 0. The molecular formula is C16H10BrNO4. The molecule has 0 aromatic heterocycles. The highest BCUT2D eigenvalue weighted by Crippen LogP contribution is 2.37. The van der Waals surface area contributed by atoms with Gasteiger partial charge in [0.2, 0.25) is 6.08 Å². The van der Waals surface area contributed by atoms with E-state index in [0.29, 0.717) is 30.3 Å². The van der Waals surface area contributed by atoms with E-state index >= 15 is 0 Å². The Balaban J connectivity index is 2.09. The number of aliphatic imine (C=N–C) groups is 1. The monoisotopic (exact) mass is 359 g/mol. The largest absolute Gasteiger partial charge is 0.486 e. The lowest BCUT2D eigenvalue weighted by atomic mass is 10.0. The molecule has 0 fully saturated rings. The van der Waals surface area contributed by atoms with Crippen LogP contribution in [-0.2, 0) is 4.79 Å². The molecule has 0 saturated carbocycles.